The van der Waals surface area contributed by atoms with Crippen LogP contribution in [-0.4, -0.2) is 71.2 Å². The monoisotopic (exact) mass is 535 g/mol. The molecule has 38 heavy (non-hydrogen) atoms. The highest BCUT2D eigenvalue weighted by Crippen LogP contribution is 2.33. The summed E-state index contributed by atoms with van der Waals surface area (Å²) in [4.78, 5) is 16.9. The van der Waals surface area contributed by atoms with Gasteiger partial charge in [0.1, 0.15) is 17.7 Å². The summed E-state index contributed by atoms with van der Waals surface area (Å²) in [5.41, 5.74) is 2.36. The Labute approximate surface area is 220 Å². The van der Waals surface area contributed by atoms with Crippen LogP contribution in [0.4, 0.5) is 0 Å². The molecule has 0 spiro atoms. The van der Waals surface area contributed by atoms with E-state index in [-0.39, 0.29) is 17.5 Å². The molecule has 1 fully saturated rings. The van der Waals surface area contributed by atoms with Gasteiger partial charge in [0.25, 0.3) is 0 Å². The highest BCUT2D eigenvalue weighted by Gasteiger charge is 2.37. The van der Waals surface area contributed by atoms with Gasteiger partial charge in [-0.25, -0.2) is 8.42 Å². The average molecular weight is 536 g/mol. The molecule has 1 aliphatic heterocycles. The van der Waals surface area contributed by atoms with Gasteiger partial charge in [-0.3, -0.25) is 14.4 Å². The zero-order valence-electron chi connectivity index (χ0n) is 21.6. The molecule has 2 aromatic carbocycles. The van der Waals surface area contributed by atoms with Crippen LogP contribution in [0.5, 0.6) is 5.75 Å². The number of likely N-dealkylation sites (tertiary alicyclic amines) is 1. The van der Waals surface area contributed by atoms with Crippen molar-refractivity contribution in [3.05, 3.63) is 53.3 Å². The number of carboxylic acid groups (broad SMARTS) is 1. The van der Waals surface area contributed by atoms with E-state index in [0.717, 1.165) is 21.9 Å². The summed E-state index contributed by atoms with van der Waals surface area (Å²) >= 11 is 0. The van der Waals surface area contributed by atoms with Crippen molar-refractivity contribution in [2.45, 2.75) is 38.3 Å². The fourth-order valence-corrected chi connectivity index (χ4v) is 6.02. The molecule has 10 nitrogen and oxygen atoms in total. The summed E-state index contributed by atoms with van der Waals surface area (Å²) in [7, 11) is -3.49. The molecule has 11 heteroatoms. The van der Waals surface area contributed by atoms with Gasteiger partial charge in [-0.15, -0.1) is 0 Å². The predicted octanol–water partition coefficient (Wildman–Crippen LogP) is 3.32. The molecule has 1 aliphatic rings. The van der Waals surface area contributed by atoms with Gasteiger partial charge in [-0.1, -0.05) is 0 Å². The van der Waals surface area contributed by atoms with E-state index >= 15 is 0 Å². The Morgan fingerprint density at radius 1 is 1.32 bits per heavy atom. The number of aryl methyl sites for hydroxylation is 1. The summed E-state index contributed by atoms with van der Waals surface area (Å²) in [5.74, 6) is -0.474. The number of nitriles is 1. The van der Waals surface area contributed by atoms with E-state index < -0.39 is 21.2 Å². The second-order valence-corrected chi connectivity index (χ2v) is 12.6. The first kappa shape index (κ1) is 25.8. The molecular weight excluding hydrogens is 506 g/mol. The third kappa shape index (κ3) is 4.61. The third-order valence-corrected chi connectivity index (χ3v) is 8.20. The predicted molar refractivity (Wildman–Crippen MR) is 142 cm³/mol. The number of aliphatic carboxylic acids is 1. The van der Waals surface area contributed by atoms with Crippen LogP contribution in [-0.2, 0) is 21.2 Å². The van der Waals surface area contributed by atoms with E-state index in [1.807, 2.05) is 24.1 Å². The summed E-state index contributed by atoms with van der Waals surface area (Å²) in [6, 6.07) is 9.21. The van der Waals surface area contributed by atoms with E-state index in [1.54, 1.807) is 42.9 Å². The quantitative estimate of drug-likeness (QED) is 0.350. The minimum absolute atomic E-state index is 0.198. The summed E-state index contributed by atoms with van der Waals surface area (Å²) in [5, 5.41) is 25.4. The fraction of sp³-hybridized carbons (Fsp3) is 0.370. The number of hydrogen-bond acceptors (Lipinski definition) is 7. The number of carbonyl (C=O) groups is 1. The molecule has 3 heterocycles. The number of aromatic amines is 1. The number of nitrogens with zero attached hydrogens (tertiary/aromatic N) is 4. The third-order valence-electron chi connectivity index (χ3n) is 7.04. The molecule has 4 aromatic rings. The molecule has 2 aromatic heterocycles. The molecule has 0 atom stereocenters. The van der Waals surface area contributed by atoms with E-state index in [2.05, 4.69) is 11.1 Å². The SMILES string of the molecule is Cc1cc(S(C)(=O)=O)c(Cn2cc3ccc(C#N)c(OC4CN(CC(C)(C)C(=O)O)C4)c3n2)c2cc[nH]c12. The van der Waals surface area contributed by atoms with Gasteiger partial charge >= 0.3 is 5.97 Å². The lowest BCUT2D eigenvalue weighted by molar-refractivity contribution is -0.149. The molecule has 5 rings (SSSR count). The van der Waals surface area contributed by atoms with Gasteiger partial charge in [0.2, 0.25) is 0 Å². The number of ether oxygens (including phenoxy) is 1. The van der Waals surface area contributed by atoms with Crippen LogP contribution in [0, 0.1) is 23.7 Å². The highest BCUT2D eigenvalue weighted by atomic mass is 32.2. The number of nitrogens with one attached hydrogen (secondary N) is 1. The second kappa shape index (κ2) is 9.15. The minimum Gasteiger partial charge on any atom is -0.484 e. The van der Waals surface area contributed by atoms with E-state index in [4.69, 9.17) is 9.84 Å². The number of H-pyrrole nitrogens is 1. The second-order valence-electron chi connectivity index (χ2n) is 10.7. The van der Waals surface area contributed by atoms with Crippen molar-refractivity contribution in [1.29, 1.82) is 5.26 Å². The van der Waals surface area contributed by atoms with Crippen molar-refractivity contribution in [3.8, 4) is 11.8 Å². The minimum atomic E-state index is -3.49. The van der Waals surface area contributed by atoms with Crippen molar-refractivity contribution >= 4 is 37.6 Å². The van der Waals surface area contributed by atoms with Crippen LogP contribution in [0.3, 0.4) is 0 Å². The van der Waals surface area contributed by atoms with E-state index in [9.17, 15) is 23.6 Å². The molecule has 0 radical (unpaired) electrons. The number of rotatable bonds is 8. The number of hydrogen-bond donors (Lipinski definition) is 2. The Balaban J connectivity index is 1.46. The molecule has 198 valence electrons. The van der Waals surface area contributed by atoms with Crippen molar-refractivity contribution in [2.24, 2.45) is 5.41 Å². The highest BCUT2D eigenvalue weighted by molar-refractivity contribution is 7.90. The van der Waals surface area contributed by atoms with Crippen LogP contribution >= 0.6 is 0 Å². The zero-order valence-corrected chi connectivity index (χ0v) is 22.5. The molecular formula is C27H29N5O5S. The summed E-state index contributed by atoms with van der Waals surface area (Å²) < 4.78 is 33.2. The van der Waals surface area contributed by atoms with Crippen LogP contribution in [0.1, 0.15) is 30.5 Å². The van der Waals surface area contributed by atoms with Crippen LogP contribution in [0.25, 0.3) is 21.8 Å². The normalized spacial score (nSPS) is 15.0. The largest absolute Gasteiger partial charge is 0.484 e. The summed E-state index contributed by atoms with van der Waals surface area (Å²) in [6.07, 6.45) is 4.61. The standard InChI is InChI=1S/C27H29N5O5S/c1-16-9-22(38(4,35)36)21(20-7-8-29-23(16)20)14-32-11-18-6-5-17(10-28)25(24(18)30-32)37-19-12-31(13-19)15-27(2,3)26(33)34/h5-9,11,19,29H,12-15H2,1-4H3,(H,33,34). The lowest BCUT2D eigenvalue weighted by Gasteiger charge is -2.41. The first-order valence-electron chi connectivity index (χ1n) is 12.2. The summed E-state index contributed by atoms with van der Waals surface area (Å²) in [6.45, 7) is 6.96. The van der Waals surface area contributed by atoms with Crippen LogP contribution in [0.15, 0.2) is 41.6 Å². The maximum Gasteiger partial charge on any atom is 0.310 e. The Bertz CT molecular complexity index is 1720. The number of fused-ring (bicyclic) bond motifs is 2. The van der Waals surface area contributed by atoms with E-state index in [1.165, 1.54) is 6.26 Å². The molecule has 0 aliphatic carbocycles. The Kier molecular flexibility index (Phi) is 6.20. The van der Waals surface area contributed by atoms with Gasteiger partial charge in [-0.2, -0.15) is 10.4 Å². The van der Waals surface area contributed by atoms with Crippen molar-refractivity contribution < 1.29 is 23.1 Å². The smallest absolute Gasteiger partial charge is 0.310 e. The van der Waals surface area contributed by atoms with Gasteiger partial charge in [0.05, 0.1) is 22.4 Å². The van der Waals surface area contributed by atoms with Gasteiger partial charge < -0.3 is 14.8 Å². The molecule has 0 amide bonds. The first-order chi connectivity index (χ1) is 17.9. The van der Waals surface area contributed by atoms with Gasteiger partial charge in [0, 0.05) is 60.1 Å². The number of carboxylic acids is 1. The lowest BCUT2D eigenvalue weighted by Crippen LogP contribution is -2.57. The van der Waals surface area contributed by atoms with Crippen LogP contribution < -0.4 is 4.74 Å². The molecule has 0 unspecified atom stereocenters. The fourth-order valence-electron chi connectivity index (χ4n) is 5.01. The van der Waals surface area contributed by atoms with Crippen LogP contribution in [0.2, 0.25) is 0 Å². The van der Waals surface area contributed by atoms with Gasteiger partial charge in [-0.05, 0) is 50.6 Å². The topological polar surface area (TPSA) is 141 Å². The van der Waals surface area contributed by atoms with Crippen molar-refractivity contribution in [2.75, 3.05) is 25.9 Å². The molecule has 1 saturated heterocycles. The number of benzene rings is 2. The maximum absolute atomic E-state index is 12.7. The number of aromatic nitrogens is 3. The van der Waals surface area contributed by atoms with Crippen molar-refractivity contribution in [1.82, 2.24) is 19.7 Å². The zero-order chi connectivity index (χ0) is 27.4. The number of sulfone groups is 1. The van der Waals surface area contributed by atoms with Crippen molar-refractivity contribution in [3.63, 3.8) is 0 Å². The lowest BCUT2D eigenvalue weighted by atomic mass is 9.91. The molecule has 2 N–H and O–H groups in total. The Morgan fingerprint density at radius 3 is 2.71 bits per heavy atom. The maximum atomic E-state index is 12.7. The molecule has 0 saturated carbocycles. The first-order valence-corrected chi connectivity index (χ1v) is 14.1. The molecule has 0 bridgehead atoms. The Hall–Kier alpha value is -3.88. The van der Waals surface area contributed by atoms with Gasteiger partial charge in [0.15, 0.2) is 15.6 Å². The Morgan fingerprint density at radius 2 is 2.05 bits per heavy atom. The van der Waals surface area contributed by atoms with E-state index in [0.29, 0.717) is 42.0 Å². The average Bonchev–Trinajstić information content (AvgIpc) is 3.46.